The molecule has 0 aromatic carbocycles. The number of hydrogen-bond donors (Lipinski definition) is 1. The van der Waals surface area contributed by atoms with Crippen molar-refractivity contribution in [2.45, 2.75) is 31.3 Å². The zero-order valence-electron chi connectivity index (χ0n) is 10.9. The molecule has 3 heterocycles. The summed E-state index contributed by atoms with van der Waals surface area (Å²) in [5.74, 6) is 2.63. The molecular weight excluding hydrogens is 290 g/mol. The minimum absolute atomic E-state index is 0.492. The number of rotatable bonds is 5. The van der Waals surface area contributed by atoms with E-state index in [1.165, 1.54) is 34.1 Å². The molecule has 0 bridgehead atoms. The number of thiophene rings is 2. The van der Waals surface area contributed by atoms with E-state index < -0.39 is 0 Å². The van der Waals surface area contributed by atoms with Crippen molar-refractivity contribution in [2.24, 2.45) is 0 Å². The maximum absolute atomic E-state index is 3.90. The van der Waals surface area contributed by atoms with E-state index in [1.807, 2.05) is 22.7 Å². The Morgan fingerprint density at radius 1 is 1.11 bits per heavy atom. The summed E-state index contributed by atoms with van der Waals surface area (Å²) in [5, 5.41) is 8.27. The molecule has 3 rings (SSSR count). The average Bonchev–Trinajstić information content (AvgIpc) is 3.12. The molecule has 4 heteroatoms. The third-order valence-corrected chi connectivity index (χ3v) is 6.46. The second-order valence-corrected chi connectivity index (χ2v) is 8.14. The van der Waals surface area contributed by atoms with Crippen molar-refractivity contribution in [2.75, 3.05) is 11.5 Å². The van der Waals surface area contributed by atoms with Crippen LogP contribution in [0.25, 0.3) is 0 Å². The summed E-state index contributed by atoms with van der Waals surface area (Å²) in [4.78, 5) is 2.96. The van der Waals surface area contributed by atoms with E-state index in [-0.39, 0.29) is 0 Å². The monoisotopic (exact) mass is 309 g/mol. The molecule has 1 aliphatic rings. The van der Waals surface area contributed by atoms with Gasteiger partial charge in [-0.2, -0.15) is 11.8 Å². The first-order valence-corrected chi connectivity index (χ1v) is 9.73. The van der Waals surface area contributed by atoms with Crippen molar-refractivity contribution in [3.05, 3.63) is 44.8 Å². The highest BCUT2D eigenvalue weighted by Gasteiger charge is 2.20. The maximum Gasteiger partial charge on any atom is 0.0465 e. The molecule has 1 saturated heterocycles. The predicted octanol–water partition coefficient (Wildman–Crippen LogP) is 4.58. The highest BCUT2D eigenvalue weighted by molar-refractivity contribution is 7.99. The zero-order chi connectivity index (χ0) is 12.9. The Morgan fingerprint density at radius 3 is 2.58 bits per heavy atom. The molecule has 1 N–H and O–H groups in total. The van der Waals surface area contributed by atoms with Crippen molar-refractivity contribution in [3.8, 4) is 0 Å². The molecule has 1 unspecified atom stereocenters. The Labute approximate surface area is 127 Å². The lowest BCUT2D eigenvalue weighted by molar-refractivity contribution is 0.416. The molecule has 19 heavy (non-hydrogen) atoms. The van der Waals surface area contributed by atoms with Crippen molar-refractivity contribution in [1.29, 1.82) is 0 Å². The summed E-state index contributed by atoms with van der Waals surface area (Å²) < 4.78 is 0. The van der Waals surface area contributed by atoms with E-state index >= 15 is 0 Å². The number of thioether (sulfide) groups is 1. The van der Waals surface area contributed by atoms with Crippen LogP contribution in [0.2, 0.25) is 0 Å². The third kappa shape index (κ3) is 3.85. The second-order valence-electron chi connectivity index (χ2n) is 4.90. The van der Waals surface area contributed by atoms with Gasteiger partial charge in [-0.25, -0.2) is 0 Å². The molecule has 0 aliphatic carbocycles. The molecule has 102 valence electrons. The van der Waals surface area contributed by atoms with E-state index in [4.69, 9.17) is 0 Å². The Bertz CT molecular complexity index is 458. The SMILES string of the molecule is c1csc(CC(NC2CCSCC2)c2cccs2)c1. The van der Waals surface area contributed by atoms with E-state index in [0.717, 1.165) is 6.42 Å². The Hall–Kier alpha value is -0.290. The normalized spacial score (nSPS) is 18.5. The zero-order valence-corrected chi connectivity index (χ0v) is 13.3. The summed E-state index contributed by atoms with van der Waals surface area (Å²) >= 11 is 5.84. The third-order valence-electron chi connectivity index (χ3n) is 3.53. The summed E-state index contributed by atoms with van der Waals surface area (Å²) in [6.07, 6.45) is 3.76. The van der Waals surface area contributed by atoms with Crippen molar-refractivity contribution in [1.82, 2.24) is 5.32 Å². The van der Waals surface area contributed by atoms with E-state index in [1.54, 1.807) is 0 Å². The Kier molecular flexibility index (Phi) is 4.99. The first kappa shape index (κ1) is 13.7. The van der Waals surface area contributed by atoms with Gasteiger partial charge in [-0.3, -0.25) is 0 Å². The van der Waals surface area contributed by atoms with Crippen LogP contribution in [0.4, 0.5) is 0 Å². The fourth-order valence-corrected chi connectivity index (χ4v) is 5.16. The van der Waals surface area contributed by atoms with Crippen LogP contribution < -0.4 is 5.32 Å². The standard InChI is InChI=1S/C15H19NS3/c1-3-13(18-7-1)11-14(15-4-2-8-19-15)16-12-5-9-17-10-6-12/h1-4,7-8,12,14,16H,5-6,9-11H2. The van der Waals surface area contributed by atoms with Gasteiger partial charge in [0.15, 0.2) is 0 Å². The van der Waals surface area contributed by atoms with Crippen LogP contribution in [0.5, 0.6) is 0 Å². The van der Waals surface area contributed by atoms with E-state index in [0.29, 0.717) is 12.1 Å². The molecular formula is C15H19NS3. The predicted molar refractivity (Wildman–Crippen MR) is 88.6 cm³/mol. The van der Waals surface area contributed by atoms with Gasteiger partial charge in [-0.1, -0.05) is 12.1 Å². The van der Waals surface area contributed by atoms with Gasteiger partial charge in [0, 0.05) is 28.3 Å². The van der Waals surface area contributed by atoms with Gasteiger partial charge >= 0.3 is 0 Å². The first-order chi connectivity index (χ1) is 9.42. The van der Waals surface area contributed by atoms with Crippen LogP contribution in [0, 0.1) is 0 Å². The number of hydrogen-bond acceptors (Lipinski definition) is 4. The Morgan fingerprint density at radius 2 is 1.89 bits per heavy atom. The molecule has 2 aromatic rings. The lowest BCUT2D eigenvalue weighted by Crippen LogP contribution is -2.36. The largest absolute Gasteiger partial charge is 0.306 e. The smallest absolute Gasteiger partial charge is 0.0465 e. The molecule has 0 amide bonds. The van der Waals surface area contributed by atoms with Gasteiger partial charge in [0.05, 0.1) is 0 Å². The average molecular weight is 310 g/mol. The molecule has 0 radical (unpaired) electrons. The van der Waals surface area contributed by atoms with Crippen LogP contribution in [0.15, 0.2) is 35.0 Å². The highest BCUT2D eigenvalue weighted by Crippen LogP contribution is 2.27. The minimum Gasteiger partial charge on any atom is -0.306 e. The van der Waals surface area contributed by atoms with Crippen molar-refractivity contribution in [3.63, 3.8) is 0 Å². The van der Waals surface area contributed by atoms with Crippen molar-refractivity contribution >= 4 is 34.4 Å². The second kappa shape index (κ2) is 6.93. The summed E-state index contributed by atoms with van der Waals surface area (Å²) in [6, 6.07) is 10.0. The summed E-state index contributed by atoms with van der Waals surface area (Å²) in [5.41, 5.74) is 0. The fraction of sp³-hybridized carbons (Fsp3) is 0.467. The maximum atomic E-state index is 3.90. The van der Waals surface area contributed by atoms with E-state index in [2.05, 4.69) is 52.1 Å². The van der Waals surface area contributed by atoms with Crippen LogP contribution in [0.3, 0.4) is 0 Å². The minimum atomic E-state index is 0.492. The van der Waals surface area contributed by atoms with Gasteiger partial charge < -0.3 is 5.32 Å². The van der Waals surface area contributed by atoms with Crippen LogP contribution in [0.1, 0.15) is 28.6 Å². The first-order valence-electron chi connectivity index (χ1n) is 6.81. The molecule has 1 nitrogen and oxygen atoms in total. The van der Waals surface area contributed by atoms with Gasteiger partial charge in [0.1, 0.15) is 0 Å². The van der Waals surface area contributed by atoms with Gasteiger partial charge in [0.2, 0.25) is 0 Å². The molecule has 2 aromatic heterocycles. The lowest BCUT2D eigenvalue weighted by atomic mass is 10.1. The quantitative estimate of drug-likeness (QED) is 0.867. The molecule has 1 aliphatic heterocycles. The van der Waals surface area contributed by atoms with E-state index in [9.17, 15) is 0 Å². The Balaban J connectivity index is 1.68. The summed E-state index contributed by atoms with van der Waals surface area (Å²) in [7, 11) is 0. The van der Waals surface area contributed by atoms with Crippen LogP contribution in [-0.2, 0) is 6.42 Å². The molecule has 1 fully saturated rings. The van der Waals surface area contributed by atoms with Gasteiger partial charge in [0.25, 0.3) is 0 Å². The molecule has 0 saturated carbocycles. The molecule has 1 atom stereocenters. The molecule has 0 spiro atoms. The highest BCUT2D eigenvalue weighted by atomic mass is 32.2. The summed E-state index contributed by atoms with van der Waals surface area (Å²) in [6.45, 7) is 0. The van der Waals surface area contributed by atoms with Crippen LogP contribution in [-0.4, -0.2) is 17.5 Å². The van der Waals surface area contributed by atoms with Gasteiger partial charge in [-0.15, -0.1) is 22.7 Å². The van der Waals surface area contributed by atoms with Crippen molar-refractivity contribution < 1.29 is 0 Å². The topological polar surface area (TPSA) is 12.0 Å². The fourth-order valence-electron chi connectivity index (χ4n) is 2.51. The number of nitrogens with one attached hydrogen (secondary N) is 1. The van der Waals surface area contributed by atoms with Gasteiger partial charge in [-0.05, 0) is 47.2 Å². The lowest BCUT2D eigenvalue weighted by Gasteiger charge is -2.27. The van der Waals surface area contributed by atoms with Crippen LogP contribution >= 0.6 is 34.4 Å².